The molecule has 1 aromatic carbocycles. The van der Waals surface area contributed by atoms with Crippen LogP contribution in [0.4, 0.5) is 17.6 Å². The van der Waals surface area contributed by atoms with Gasteiger partial charge in [-0.15, -0.1) is 10.2 Å². The van der Waals surface area contributed by atoms with Gasteiger partial charge in [-0.25, -0.2) is 4.39 Å². The minimum absolute atomic E-state index is 0.0198. The molecule has 0 aliphatic carbocycles. The van der Waals surface area contributed by atoms with Crippen LogP contribution < -0.4 is 0 Å². The average molecular weight is 392 g/mol. The zero-order valence-corrected chi connectivity index (χ0v) is 14.7. The first-order valence-electron chi connectivity index (χ1n) is 8.80. The summed E-state index contributed by atoms with van der Waals surface area (Å²) in [5, 5.41) is 8.00. The Morgan fingerprint density at radius 2 is 1.89 bits per heavy atom. The summed E-state index contributed by atoms with van der Waals surface area (Å²) in [7, 11) is 0. The number of pyridine rings is 1. The van der Waals surface area contributed by atoms with E-state index in [-0.39, 0.29) is 18.0 Å². The minimum Gasteiger partial charge on any atom is -0.338 e. The lowest BCUT2D eigenvalue weighted by molar-refractivity contribution is -0.137. The Labute approximate surface area is 157 Å². The van der Waals surface area contributed by atoms with Crippen LogP contribution in [-0.2, 0) is 6.18 Å². The maximum absolute atomic E-state index is 13.9. The number of likely N-dealkylation sites (tertiary alicyclic amines) is 1. The van der Waals surface area contributed by atoms with Gasteiger partial charge in [-0.1, -0.05) is 12.1 Å². The van der Waals surface area contributed by atoms with Gasteiger partial charge in [0.25, 0.3) is 5.91 Å². The summed E-state index contributed by atoms with van der Waals surface area (Å²) in [5.74, 6) is -0.958. The molecule has 0 N–H and O–H groups in total. The van der Waals surface area contributed by atoms with E-state index in [1.54, 1.807) is 6.07 Å². The average Bonchev–Trinajstić information content (AvgIpc) is 3.10. The highest BCUT2D eigenvalue weighted by atomic mass is 19.4. The molecule has 3 heterocycles. The van der Waals surface area contributed by atoms with Crippen molar-refractivity contribution in [2.24, 2.45) is 0 Å². The molecule has 3 aromatic rings. The van der Waals surface area contributed by atoms with E-state index in [9.17, 15) is 22.4 Å². The fourth-order valence-electron chi connectivity index (χ4n) is 3.53. The summed E-state index contributed by atoms with van der Waals surface area (Å²) < 4.78 is 54.4. The number of benzene rings is 1. The topological polar surface area (TPSA) is 50.5 Å². The zero-order valence-electron chi connectivity index (χ0n) is 14.7. The van der Waals surface area contributed by atoms with Crippen LogP contribution in [0.5, 0.6) is 0 Å². The fourth-order valence-corrected chi connectivity index (χ4v) is 3.53. The number of alkyl halides is 3. The van der Waals surface area contributed by atoms with Crippen molar-refractivity contribution < 1.29 is 22.4 Å². The number of fused-ring (bicyclic) bond motifs is 1. The number of piperidine rings is 1. The molecule has 9 heteroatoms. The van der Waals surface area contributed by atoms with Crippen molar-refractivity contribution in [3.63, 3.8) is 0 Å². The normalized spacial score (nSPS) is 17.9. The largest absolute Gasteiger partial charge is 0.417 e. The van der Waals surface area contributed by atoms with Crippen molar-refractivity contribution in [3.05, 3.63) is 65.4 Å². The summed E-state index contributed by atoms with van der Waals surface area (Å²) in [6, 6.07) is 7.96. The van der Waals surface area contributed by atoms with E-state index in [4.69, 9.17) is 0 Å². The summed E-state index contributed by atoms with van der Waals surface area (Å²) >= 11 is 0. The number of rotatable bonds is 2. The van der Waals surface area contributed by atoms with Crippen molar-refractivity contribution >= 4 is 11.6 Å². The molecule has 5 nitrogen and oxygen atoms in total. The predicted molar refractivity (Wildman–Crippen MR) is 92.3 cm³/mol. The van der Waals surface area contributed by atoms with Crippen LogP contribution in [0.3, 0.4) is 0 Å². The third-order valence-electron chi connectivity index (χ3n) is 4.93. The van der Waals surface area contributed by atoms with Crippen LogP contribution in [0.25, 0.3) is 5.65 Å². The van der Waals surface area contributed by atoms with E-state index in [2.05, 4.69) is 10.2 Å². The molecule has 1 aliphatic heterocycles. The fraction of sp³-hybridized carbons (Fsp3) is 0.316. The van der Waals surface area contributed by atoms with Crippen LogP contribution >= 0.6 is 0 Å². The first-order valence-corrected chi connectivity index (χ1v) is 8.80. The number of halogens is 4. The molecular weight excluding hydrogens is 376 g/mol. The van der Waals surface area contributed by atoms with Crippen LogP contribution in [0.2, 0.25) is 0 Å². The lowest BCUT2D eigenvalue weighted by Crippen LogP contribution is -2.40. The zero-order chi connectivity index (χ0) is 19.9. The Kier molecular flexibility index (Phi) is 4.52. The third kappa shape index (κ3) is 3.32. The van der Waals surface area contributed by atoms with Crippen LogP contribution in [0, 0.1) is 5.82 Å². The summed E-state index contributed by atoms with van der Waals surface area (Å²) in [6.45, 7) is 0.693. The molecule has 0 bridgehead atoms. The van der Waals surface area contributed by atoms with Gasteiger partial charge in [-0.3, -0.25) is 9.20 Å². The molecule has 1 atom stereocenters. The number of aromatic nitrogens is 3. The van der Waals surface area contributed by atoms with E-state index < -0.39 is 23.5 Å². The second-order valence-electron chi connectivity index (χ2n) is 6.77. The second kappa shape index (κ2) is 6.88. The summed E-state index contributed by atoms with van der Waals surface area (Å²) in [6.07, 6.45) is -2.21. The van der Waals surface area contributed by atoms with Gasteiger partial charge in [-0.2, -0.15) is 13.2 Å². The molecule has 1 saturated heterocycles. The van der Waals surface area contributed by atoms with E-state index >= 15 is 0 Å². The highest BCUT2D eigenvalue weighted by molar-refractivity contribution is 5.94. The Balaban J connectivity index is 1.63. The summed E-state index contributed by atoms with van der Waals surface area (Å²) in [4.78, 5) is 14.2. The molecule has 0 radical (unpaired) electrons. The lowest BCUT2D eigenvalue weighted by atomic mass is 9.96. The van der Waals surface area contributed by atoms with Crippen molar-refractivity contribution in [1.82, 2.24) is 19.5 Å². The van der Waals surface area contributed by atoms with Gasteiger partial charge >= 0.3 is 6.18 Å². The molecule has 2 aromatic heterocycles. The second-order valence-corrected chi connectivity index (χ2v) is 6.77. The number of amides is 1. The van der Waals surface area contributed by atoms with Crippen LogP contribution in [0.1, 0.15) is 40.5 Å². The van der Waals surface area contributed by atoms with Crippen LogP contribution in [-0.4, -0.2) is 38.5 Å². The summed E-state index contributed by atoms with van der Waals surface area (Å²) in [5.41, 5.74) is -0.509. The van der Waals surface area contributed by atoms with Crippen molar-refractivity contribution in [3.8, 4) is 0 Å². The highest BCUT2D eigenvalue weighted by Crippen LogP contribution is 2.31. The van der Waals surface area contributed by atoms with Gasteiger partial charge in [0.1, 0.15) is 11.6 Å². The maximum atomic E-state index is 13.9. The van der Waals surface area contributed by atoms with Gasteiger partial charge in [0.05, 0.1) is 11.1 Å². The first-order chi connectivity index (χ1) is 13.3. The Bertz CT molecular complexity index is 1030. The smallest absolute Gasteiger partial charge is 0.338 e. The van der Waals surface area contributed by atoms with Gasteiger partial charge in [0.2, 0.25) is 0 Å². The monoisotopic (exact) mass is 392 g/mol. The van der Waals surface area contributed by atoms with Crippen LogP contribution in [0.15, 0.2) is 42.6 Å². The number of carbonyl (C=O) groups is 1. The van der Waals surface area contributed by atoms with E-state index in [1.807, 2.05) is 0 Å². The SMILES string of the molecule is O=C(c1ccccc1F)N1CCCC(c2nnc3ccc(C(F)(F)F)cn23)C1. The van der Waals surface area contributed by atoms with Gasteiger partial charge in [0, 0.05) is 25.2 Å². The van der Waals surface area contributed by atoms with E-state index in [0.29, 0.717) is 30.9 Å². The number of nitrogens with zero attached hydrogens (tertiary/aromatic N) is 4. The number of carbonyl (C=O) groups excluding carboxylic acids is 1. The van der Waals surface area contributed by atoms with Crippen molar-refractivity contribution in [1.29, 1.82) is 0 Å². The molecule has 1 fully saturated rings. The minimum atomic E-state index is -4.48. The lowest BCUT2D eigenvalue weighted by Gasteiger charge is -2.32. The highest BCUT2D eigenvalue weighted by Gasteiger charge is 2.33. The number of hydrogen-bond acceptors (Lipinski definition) is 3. The van der Waals surface area contributed by atoms with Gasteiger partial charge in [0.15, 0.2) is 5.65 Å². The Hall–Kier alpha value is -2.97. The van der Waals surface area contributed by atoms with E-state index in [1.165, 1.54) is 33.6 Å². The molecule has 1 unspecified atom stereocenters. The van der Waals surface area contributed by atoms with Crippen molar-refractivity contribution in [2.75, 3.05) is 13.1 Å². The molecule has 0 saturated carbocycles. The quantitative estimate of drug-likeness (QED) is 0.622. The van der Waals surface area contributed by atoms with E-state index in [0.717, 1.165) is 12.3 Å². The molecule has 4 rings (SSSR count). The van der Waals surface area contributed by atoms with Gasteiger partial charge < -0.3 is 4.90 Å². The third-order valence-corrected chi connectivity index (χ3v) is 4.93. The predicted octanol–water partition coefficient (Wildman–Crippen LogP) is 3.91. The Morgan fingerprint density at radius 1 is 1.11 bits per heavy atom. The number of hydrogen-bond donors (Lipinski definition) is 0. The molecule has 146 valence electrons. The molecule has 1 aliphatic rings. The first kappa shape index (κ1) is 18.4. The van der Waals surface area contributed by atoms with Gasteiger partial charge in [-0.05, 0) is 37.1 Å². The standard InChI is InChI=1S/C19H16F4N4O/c20-15-6-2-1-5-14(15)18(28)26-9-3-4-12(10-26)17-25-24-16-8-7-13(11-27(16)17)19(21,22)23/h1-2,5-8,11-12H,3-4,9-10H2. The maximum Gasteiger partial charge on any atom is 0.417 e. The molecular formula is C19H16F4N4O. The Morgan fingerprint density at radius 3 is 2.64 bits per heavy atom. The van der Waals surface area contributed by atoms with Crippen molar-refractivity contribution in [2.45, 2.75) is 24.9 Å². The molecule has 1 amide bonds. The molecule has 28 heavy (non-hydrogen) atoms. The molecule has 0 spiro atoms.